The highest BCUT2D eigenvalue weighted by Gasteiger charge is 2.24. The summed E-state index contributed by atoms with van der Waals surface area (Å²) in [6.45, 7) is 1.91. The van der Waals surface area contributed by atoms with E-state index >= 15 is 0 Å². The topological polar surface area (TPSA) is 61.4 Å². The van der Waals surface area contributed by atoms with E-state index in [4.69, 9.17) is 0 Å². The quantitative estimate of drug-likeness (QED) is 0.771. The molecule has 2 heterocycles. The largest absolute Gasteiger partial charge is 0.388 e. The van der Waals surface area contributed by atoms with Crippen LogP contribution in [0.5, 0.6) is 0 Å². The van der Waals surface area contributed by atoms with Crippen LogP contribution in [-0.2, 0) is 6.42 Å². The number of aryl methyl sites for hydroxylation is 1. The fraction of sp³-hybridized carbons (Fsp3) is 0.643. The van der Waals surface area contributed by atoms with Crippen LogP contribution < -0.4 is 10.6 Å². The first-order valence-corrected chi connectivity index (χ1v) is 7.88. The van der Waals surface area contributed by atoms with E-state index in [2.05, 4.69) is 10.6 Å². The second kappa shape index (κ2) is 5.61. The summed E-state index contributed by atoms with van der Waals surface area (Å²) in [5, 5.41) is 16.3. The molecule has 0 bridgehead atoms. The third-order valence-corrected chi connectivity index (χ3v) is 5.15. The lowest BCUT2D eigenvalue weighted by atomic mass is 9.96. The predicted molar refractivity (Wildman–Crippen MR) is 75.6 cm³/mol. The molecule has 0 aromatic carbocycles. The molecule has 1 aromatic heterocycles. The van der Waals surface area contributed by atoms with E-state index in [1.165, 1.54) is 4.88 Å². The molecule has 2 unspecified atom stereocenters. The summed E-state index contributed by atoms with van der Waals surface area (Å²) in [5.41, 5.74) is 0.975. The van der Waals surface area contributed by atoms with E-state index < -0.39 is 0 Å². The summed E-state index contributed by atoms with van der Waals surface area (Å²) in [6.07, 6.45) is 4.62. The van der Waals surface area contributed by atoms with Gasteiger partial charge in [0.15, 0.2) is 0 Å². The normalized spacial score (nSPS) is 26.8. The highest BCUT2D eigenvalue weighted by molar-refractivity contribution is 7.14. The van der Waals surface area contributed by atoms with Crippen LogP contribution in [0.25, 0.3) is 0 Å². The van der Waals surface area contributed by atoms with Crippen molar-refractivity contribution in [3.8, 4) is 0 Å². The zero-order valence-electron chi connectivity index (χ0n) is 10.9. The Morgan fingerprint density at radius 2 is 2.32 bits per heavy atom. The Bertz CT molecular complexity index is 466. The van der Waals surface area contributed by atoms with Crippen molar-refractivity contribution in [2.24, 2.45) is 0 Å². The molecule has 5 heteroatoms. The molecule has 1 aliphatic heterocycles. The molecule has 1 fully saturated rings. The van der Waals surface area contributed by atoms with E-state index in [9.17, 15) is 9.90 Å². The van der Waals surface area contributed by atoms with Gasteiger partial charge in [-0.05, 0) is 50.3 Å². The Morgan fingerprint density at radius 3 is 3.05 bits per heavy atom. The predicted octanol–water partition coefficient (Wildman–Crippen LogP) is 1.60. The first kappa shape index (κ1) is 13.1. The zero-order chi connectivity index (χ0) is 13.2. The number of aliphatic hydroxyl groups is 1. The van der Waals surface area contributed by atoms with Gasteiger partial charge in [0.1, 0.15) is 0 Å². The number of carbonyl (C=O) groups excluding carboxylic acids is 1. The van der Waals surface area contributed by atoms with Gasteiger partial charge in [-0.25, -0.2) is 0 Å². The number of rotatable bonds is 2. The first-order chi connectivity index (χ1) is 9.24. The molecule has 19 heavy (non-hydrogen) atoms. The van der Waals surface area contributed by atoms with Crippen molar-refractivity contribution in [3.63, 3.8) is 0 Å². The molecule has 104 valence electrons. The standard InChI is InChI=1S/C14H20N2O2S/c17-11-4-1-5-12-10(11)7-13(19-12)14(18)16-9-3-2-6-15-8-9/h7,9,11,15,17H,1-6,8H2,(H,16,18). The minimum absolute atomic E-state index is 0.0142. The third-order valence-electron chi connectivity index (χ3n) is 3.94. The van der Waals surface area contributed by atoms with Crippen molar-refractivity contribution in [1.29, 1.82) is 0 Å². The molecular formula is C14H20N2O2S. The van der Waals surface area contributed by atoms with Crippen LogP contribution in [0.2, 0.25) is 0 Å². The maximum atomic E-state index is 12.2. The molecule has 3 N–H and O–H groups in total. The number of carbonyl (C=O) groups is 1. The summed E-state index contributed by atoms with van der Waals surface area (Å²) >= 11 is 1.54. The van der Waals surface area contributed by atoms with Crippen LogP contribution in [0.4, 0.5) is 0 Å². The van der Waals surface area contributed by atoms with Gasteiger partial charge in [0, 0.05) is 17.5 Å². The zero-order valence-corrected chi connectivity index (χ0v) is 11.8. The minimum atomic E-state index is -0.377. The van der Waals surface area contributed by atoms with Gasteiger partial charge in [0.05, 0.1) is 11.0 Å². The number of amides is 1. The lowest BCUT2D eigenvalue weighted by Crippen LogP contribution is -2.45. The van der Waals surface area contributed by atoms with Gasteiger partial charge in [-0.1, -0.05) is 0 Å². The SMILES string of the molecule is O=C(NC1CCCNC1)c1cc2c(s1)CCCC2O. The molecule has 4 nitrogen and oxygen atoms in total. The fourth-order valence-electron chi connectivity index (χ4n) is 2.88. The second-order valence-corrected chi connectivity index (χ2v) is 6.55. The van der Waals surface area contributed by atoms with E-state index in [1.54, 1.807) is 11.3 Å². The minimum Gasteiger partial charge on any atom is -0.388 e. The van der Waals surface area contributed by atoms with Crippen molar-refractivity contribution in [3.05, 3.63) is 21.4 Å². The van der Waals surface area contributed by atoms with Crippen molar-refractivity contribution >= 4 is 17.2 Å². The number of hydrogen-bond donors (Lipinski definition) is 3. The number of thiophene rings is 1. The molecule has 1 aromatic rings. The Morgan fingerprint density at radius 1 is 1.42 bits per heavy atom. The fourth-order valence-corrected chi connectivity index (χ4v) is 4.04. The second-order valence-electron chi connectivity index (χ2n) is 5.41. The van der Waals surface area contributed by atoms with Crippen molar-refractivity contribution in [2.75, 3.05) is 13.1 Å². The smallest absolute Gasteiger partial charge is 0.261 e. The lowest BCUT2D eigenvalue weighted by molar-refractivity contribution is 0.0934. The maximum Gasteiger partial charge on any atom is 0.261 e. The highest BCUT2D eigenvalue weighted by atomic mass is 32.1. The summed E-state index contributed by atoms with van der Waals surface area (Å²) in [6, 6.07) is 2.13. The molecule has 0 radical (unpaired) electrons. The van der Waals surface area contributed by atoms with Crippen LogP contribution >= 0.6 is 11.3 Å². The maximum absolute atomic E-state index is 12.2. The Hall–Kier alpha value is -0.910. The van der Waals surface area contributed by atoms with Gasteiger partial charge in [0.2, 0.25) is 0 Å². The van der Waals surface area contributed by atoms with Crippen LogP contribution in [0.3, 0.4) is 0 Å². The van der Waals surface area contributed by atoms with Crippen LogP contribution in [-0.4, -0.2) is 30.1 Å². The molecule has 1 saturated heterocycles. The van der Waals surface area contributed by atoms with Gasteiger partial charge >= 0.3 is 0 Å². The Balaban J connectivity index is 1.69. The number of hydrogen-bond acceptors (Lipinski definition) is 4. The number of nitrogens with one attached hydrogen (secondary N) is 2. The van der Waals surface area contributed by atoms with Crippen molar-refractivity contribution in [1.82, 2.24) is 10.6 Å². The number of piperidine rings is 1. The molecule has 3 rings (SSSR count). The van der Waals surface area contributed by atoms with Crippen LogP contribution in [0.1, 0.15) is 51.9 Å². The molecule has 2 aliphatic rings. The number of fused-ring (bicyclic) bond motifs is 1. The molecule has 1 aliphatic carbocycles. The first-order valence-electron chi connectivity index (χ1n) is 7.06. The summed E-state index contributed by atoms with van der Waals surface area (Å²) in [7, 11) is 0. The van der Waals surface area contributed by atoms with Gasteiger partial charge in [-0.2, -0.15) is 0 Å². The summed E-state index contributed by atoms with van der Waals surface area (Å²) in [5.74, 6) is 0.0142. The molecule has 2 atom stereocenters. The molecule has 0 spiro atoms. The van der Waals surface area contributed by atoms with E-state index in [0.717, 1.165) is 55.6 Å². The van der Waals surface area contributed by atoms with Gasteiger partial charge in [-0.3, -0.25) is 4.79 Å². The van der Waals surface area contributed by atoms with E-state index in [0.29, 0.717) is 0 Å². The highest BCUT2D eigenvalue weighted by Crippen LogP contribution is 2.35. The van der Waals surface area contributed by atoms with Gasteiger partial charge in [-0.15, -0.1) is 11.3 Å². The van der Waals surface area contributed by atoms with Crippen molar-refractivity contribution < 1.29 is 9.90 Å². The van der Waals surface area contributed by atoms with Gasteiger partial charge in [0.25, 0.3) is 5.91 Å². The van der Waals surface area contributed by atoms with E-state index in [1.807, 2.05) is 6.07 Å². The van der Waals surface area contributed by atoms with Crippen LogP contribution in [0.15, 0.2) is 6.07 Å². The third kappa shape index (κ3) is 2.83. The van der Waals surface area contributed by atoms with Crippen LogP contribution in [0, 0.1) is 0 Å². The molecule has 1 amide bonds. The van der Waals surface area contributed by atoms with E-state index in [-0.39, 0.29) is 18.1 Å². The summed E-state index contributed by atoms with van der Waals surface area (Å²) < 4.78 is 0. The Kier molecular flexibility index (Phi) is 3.86. The average Bonchev–Trinajstić information content (AvgIpc) is 2.85. The summed E-state index contributed by atoms with van der Waals surface area (Å²) in [4.78, 5) is 14.2. The molecule has 0 saturated carbocycles. The lowest BCUT2D eigenvalue weighted by Gasteiger charge is -2.23. The molecular weight excluding hydrogens is 260 g/mol. The van der Waals surface area contributed by atoms with Gasteiger partial charge < -0.3 is 15.7 Å². The monoisotopic (exact) mass is 280 g/mol. The number of aliphatic hydroxyl groups excluding tert-OH is 1. The average molecular weight is 280 g/mol. The Labute approximate surface area is 117 Å². The van der Waals surface area contributed by atoms with Crippen molar-refractivity contribution in [2.45, 2.75) is 44.2 Å².